The summed E-state index contributed by atoms with van der Waals surface area (Å²) in [7, 11) is -4.31. The lowest BCUT2D eigenvalue weighted by Crippen LogP contribution is -2.34. The molecule has 0 aliphatic rings. The van der Waals surface area contributed by atoms with E-state index in [1.807, 2.05) is 26.0 Å². The molecule has 0 fully saturated rings. The van der Waals surface area contributed by atoms with Crippen molar-refractivity contribution >= 4 is 38.3 Å². The fraction of sp³-hybridized carbons (Fsp3) is 0.222. The van der Waals surface area contributed by atoms with E-state index >= 15 is 0 Å². The topological polar surface area (TPSA) is 148 Å². The van der Waals surface area contributed by atoms with Gasteiger partial charge in [0.1, 0.15) is 5.52 Å². The van der Waals surface area contributed by atoms with E-state index in [0.717, 1.165) is 22.2 Å². The first-order chi connectivity index (χ1) is 18.1. The Kier molecular flexibility index (Phi) is 7.67. The summed E-state index contributed by atoms with van der Waals surface area (Å²) < 4.78 is 27.3. The number of aromatic nitrogens is 3. The number of anilines is 1. The van der Waals surface area contributed by atoms with Gasteiger partial charge in [-0.2, -0.15) is 0 Å². The summed E-state index contributed by atoms with van der Waals surface area (Å²) in [4.78, 5) is 37.0. The van der Waals surface area contributed by atoms with Crippen LogP contribution in [0.5, 0.6) is 0 Å². The standard InChI is InChI=1S/C27H26N4O6S/c1-3-18-5-7-19(8-6-18)25(32)28-20-9-11-21(12-10-20)38(36,37)24(27(34)35)14-15-31-26(33)22-16-17(2)4-13-23(22)29-30-31/h4-13,16,24H,3,14-15H2,1-2H3,(H,28,32)(H,34,35). The zero-order chi connectivity index (χ0) is 27.4. The molecule has 1 heterocycles. The SMILES string of the molecule is CCc1ccc(C(=O)Nc2ccc(S(=O)(=O)C(CCn3nnc4ccc(C)cc4c3=O)C(=O)O)cc2)cc1. The average Bonchev–Trinajstić information content (AvgIpc) is 2.90. The molecule has 1 amide bonds. The molecule has 0 saturated heterocycles. The Morgan fingerprint density at radius 2 is 1.71 bits per heavy atom. The molecule has 11 heteroatoms. The van der Waals surface area contributed by atoms with Gasteiger partial charge in [-0.25, -0.2) is 13.1 Å². The first-order valence-corrected chi connectivity index (χ1v) is 13.5. The van der Waals surface area contributed by atoms with Crippen molar-refractivity contribution in [3.8, 4) is 0 Å². The molecule has 38 heavy (non-hydrogen) atoms. The van der Waals surface area contributed by atoms with Gasteiger partial charge in [0.25, 0.3) is 11.5 Å². The number of carbonyl (C=O) groups excluding carboxylic acids is 1. The third-order valence-corrected chi connectivity index (χ3v) is 8.31. The number of nitrogens with one attached hydrogen (secondary N) is 1. The van der Waals surface area contributed by atoms with Gasteiger partial charge in [0, 0.05) is 17.8 Å². The number of carboxylic acid groups (broad SMARTS) is 1. The molecule has 4 rings (SSSR count). The summed E-state index contributed by atoms with van der Waals surface area (Å²) in [6, 6.07) is 17.5. The highest BCUT2D eigenvalue weighted by Gasteiger charge is 2.34. The normalized spacial score (nSPS) is 12.3. The molecule has 0 radical (unpaired) electrons. The van der Waals surface area contributed by atoms with E-state index in [0.29, 0.717) is 22.2 Å². The maximum atomic E-state index is 13.2. The Bertz CT molecular complexity index is 1660. The van der Waals surface area contributed by atoms with Crippen molar-refractivity contribution in [1.29, 1.82) is 0 Å². The van der Waals surface area contributed by atoms with E-state index < -0.39 is 33.0 Å². The van der Waals surface area contributed by atoms with Gasteiger partial charge in [0.05, 0.1) is 10.3 Å². The molecular formula is C27H26N4O6S. The molecule has 3 aromatic carbocycles. The van der Waals surface area contributed by atoms with Crippen molar-refractivity contribution in [3.63, 3.8) is 0 Å². The fourth-order valence-corrected chi connectivity index (χ4v) is 5.50. The maximum Gasteiger partial charge on any atom is 0.322 e. The van der Waals surface area contributed by atoms with Crippen LogP contribution in [0.15, 0.2) is 76.4 Å². The van der Waals surface area contributed by atoms with Crippen LogP contribution in [0.25, 0.3) is 10.9 Å². The van der Waals surface area contributed by atoms with Crippen molar-refractivity contribution < 1.29 is 23.1 Å². The monoisotopic (exact) mass is 534 g/mol. The van der Waals surface area contributed by atoms with Crippen LogP contribution in [0.1, 0.15) is 34.8 Å². The molecule has 4 aromatic rings. The number of benzene rings is 3. The second-order valence-corrected chi connectivity index (χ2v) is 11.0. The highest BCUT2D eigenvalue weighted by molar-refractivity contribution is 7.92. The van der Waals surface area contributed by atoms with Gasteiger partial charge in [0.15, 0.2) is 15.1 Å². The second kappa shape index (κ2) is 10.9. The molecule has 1 unspecified atom stereocenters. The number of hydrogen-bond acceptors (Lipinski definition) is 7. The zero-order valence-electron chi connectivity index (χ0n) is 20.8. The van der Waals surface area contributed by atoms with E-state index in [1.54, 1.807) is 30.3 Å². The first kappa shape index (κ1) is 26.7. The lowest BCUT2D eigenvalue weighted by molar-refractivity contribution is -0.136. The lowest BCUT2D eigenvalue weighted by atomic mass is 10.1. The Labute approximate surface area is 218 Å². The smallest absolute Gasteiger partial charge is 0.322 e. The Balaban J connectivity index is 1.50. The largest absolute Gasteiger partial charge is 0.480 e. The van der Waals surface area contributed by atoms with Gasteiger partial charge in [-0.15, -0.1) is 5.10 Å². The number of carboxylic acids is 1. The van der Waals surface area contributed by atoms with Crippen LogP contribution < -0.4 is 10.9 Å². The van der Waals surface area contributed by atoms with Crippen LogP contribution in [-0.2, 0) is 27.6 Å². The number of hydrogen-bond donors (Lipinski definition) is 2. The molecule has 196 valence electrons. The molecule has 1 atom stereocenters. The van der Waals surface area contributed by atoms with Crippen LogP contribution >= 0.6 is 0 Å². The van der Waals surface area contributed by atoms with Crippen LogP contribution in [0.4, 0.5) is 5.69 Å². The van der Waals surface area contributed by atoms with Crippen LogP contribution in [0, 0.1) is 6.92 Å². The summed E-state index contributed by atoms with van der Waals surface area (Å²) in [6.45, 7) is 3.58. The quantitative estimate of drug-likeness (QED) is 0.332. The summed E-state index contributed by atoms with van der Waals surface area (Å²) in [5.41, 5.74) is 2.65. The number of aliphatic carboxylic acids is 1. The lowest BCUT2D eigenvalue weighted by Gasteiger charge is -2.15. The van der Waals surface area contributed by atoms with Gasteiger partial charge in [-0.1, -0.05) is 35.9 Å². The van der Waals surface area contributed by atoms with Crippen molar-refractivity contribution in [2.24, 2.45) is 0 Å². The zero-order valence-corrected chi connectivity index (χ0v) is 21.6. The summed E-state index contributed by atoms with van der Waals surface area (Å²) in [5.74, 6) is -1.90. The van der Waals surface area contributed by atoms with Crippen molar-refractivity contribution in [2.45, 2.75) is 43.4 Å². The number of fused-ring (bicyclic) bond motifs is 1. The average molecular weight is 535 g/mol. The molecule has 0 bridgehead atoms. The van der Waals surface area contributed by atoms with Gasteiger partial charge >= 0.3 is 5.97 Å². The summed E-state index contributed by atoms with van der Waals surface area (Å²) in [5, 5.41) is 18.7. The van der Waals surface area contributed by atoms with E-state index in [9.17, 15) is 27.9 Å². The number of aryl methyl sites for hydroxylation is 3. The molecular weight excluding hydrogens is 508 g/mol. The Hall–Kier alpha value is -4.38. The minimum absolute atomic E-state index is 0.220. The van der Waals surface area contributed by atoms with E-state index in [-0.39, 0.29) is 17.3 Å². The van der Waals surface area contributed by atoms with E-state index in [4.69, 9.17) is 0 Å². The summed E-state index contributed by atoms with van der Waals surface area (Å²) in [6.07, 6.45) is 0.455. The minimum Gasteiger partial charge on any atom is -0.480 e. The van der Waals surface area contributed by atoms with Crippen molar-refractivity contribution in [3.05, 3.63) is 93.8 Å². The second-order valence-electron chi connectivity index (χ2n) is 8.83. The van der Waals surface area contributed by atoms with Gasteiger partial charge in [-0.05, 0) is 73.9 Å². The van der Waals surface area contributed by atoms with Crippen LogP contribution in [-0.4, -0.2) is 45.6 Å². The Morgan fingerprint density at radius 1 is 1.03 bits per heavy atom. The number of rotatable bonds is 9. The molecule has 0 spiro atoms. The predicted molar refractivity (Wildman–Crippen MR) is 142 cm³/mol. The molecule has 0 aliphatic carbocycles. The molecule has 1 aromatic heterocycles. The molecule has 0 saturated carbocycles. The third-order valence-electron chi connectivity index (χ3n) is 6.20. The number of sulfone groups is 1. The van der Waals surface area contributed by atoms with E-state index in [1.165, 1.54) is 24.3 Å². The van der Waals surface area contributed by atoms with Gasteiger partial charge < -0.3 is 10.4 Å². The first-order valence-electron chi connectivity index (χ1n) is 11.9. The number of amides is 1. The predicted octanol–water partition coefficient (Wildman–Crippen LogP) is 3.23. The fourth-order valence-electron chi connectivity index (χ4n) is 3.97. The Morgan fingerprint density at radius 3 is 2.34 bits per heavy atom. The van der Waals surface area contributed by atoms with Gasteiger partial charge in [-0.3, -0.25) is 14.4 Å². The van der Waals surface area contributed by atoms with Crippen LogP contribution in [0.2, 0.25) is 0 Å². The minimum atomic E-state index is -4.31. The maximum absolute atomic E-state index is 13.2. The van der Waals surface area contributed by atoms with Gasteiger partial charge in [0.2, 0.25) is 0 Å². The van der Waals surface area contributed by atoms with E-state index in [2.05, 4.69) is 15.6 Å². The third kappa shape index (κ3) is 5.62. The van der Waals surface area contributed by atoms with Crippen molar-refractivity contribution in [1.82, 2.24) is 15.0 Å². The molecule has 10 nitrogen and oxygen atoms in total. The van der Waals surface area contributed by atoms with Crippen LogP contribution in [0.3, 0.4) is 0 Å². The molecule has 0 aliphatic heterocycles. The highest BCUT2D eigenvalue weighted by Crippen LogP contribution is 2.22. The van der Waals surface area contributed by atoms with Crippen molar-refractivity contribution in [2.75, 3.05) is 5.32 Å². The summed E-state index contributed by atoms with van der Waals surface area (Å²) >= 11 is 0. The molecule has 2 N–H and O–H groups in total. The highest BCUT2D eigenvalue weighted by atomic mass is 32.2. The number of carbonyl (C=O) groups is 2. The number of nitrogens with zero attached hydrogens (tertiary/aromatic N) is 3.